The van der Waals surface area contributed by atoms with Gasteiger partial charge in [0.25, 0.3) is 0 Å². The fraction of sp³-hybridized carbons (Fsp3) is 0.227. The number of fused-ring (bicyclic) bond motifs is 1. The number of phenolic OH excluding ortho intramolecular Hbond substituents is 1. The van der Waals surface area contributed by atoms with Crippen LogP contribution < -0.4 is 0 Å². The molecule has 4 aromatic rings. The lowest BCUT2D eigenvalue weighted by molar-refractivity contribution is 0.475. The molecule has 4 heteroatoms. The molecule has 2 aromatic carbocycles. The zero-order chi connectivity index (χ0) is 17.5. The molecule has 1 fully saturated rings. The largest absolute Gasteiger partial charge is 0.508 e. The first kappa shape index (κ1) is 15.3. The highest BCUT2D eigenvalue weighted by atomic mass is 16.3. The molecule has 1 aliphatic rings. The quantitative estimate of drug-likeness (QED) is 0.512. The van der Waals surface area contributed by atoms with Crippen LogP contribution in [0.4, 0.5) is 0 Å². The smallest absolute Gasteiger partial charge is 0.136 e. The molecule has 1 N–H and O–H groups in total. The summed E-state index contributed by atoms with van der Waals surface area (Å²) in [4.78, 5) is 0. The van der Waals surface area contributed by atoms with Crippen molar-refractivity contribution in [3.8, 4) is 28.3 Å². The van der Waals surface area contributed by atoms with Crippen LogP contribution in [0.2, 0.25) is 0 Å². The maximum Gasteiger partial charge on any atom is 0.136 e. The Morgan fingerprint density at radius 3 is 2.50 bits per heavy atom. The third-order valence-corrected chi connectivity index (χ3v) is 5.33. The van der Waals surface area contributed by atoms with Gasteiger partial charge in [-0.15, -0.1) is 0 Å². The predicted octanol–water partition coefficient (Wildman–Crippen LogP) is 5.78. The second-order valence-corrected chi connectivity index (χ2v) is 6.96. The standard InChI is InChI=1S/C22H20N2O2/c25-17-12-10-15(11-13-17)21-19-8-3-7-18(20-9-4-14-26-20)22(19)24(23-21)16-5-1-2-6-16/h3-4,7-14,16,25H,1-2,5-6H2. The van der Waals surface area contributed by atoms with Crippen LogP contribution >= 0.6 is 0 Å². The van der Waals surface area contributed by atoms with Gasteiger partial charge in [-0.25, -0.2) is 0 Å². The van der Waals surface area contributed by atoms with Crippen molar-refractivity contribution >= 4 is 10.9 Å². The van der Waals surface area contributed by atoms with Crippen LogP contribution in [0, 0.1) is 0 Å². The summed E-state index contributed by atoms with van der Waals surface area (Å²) in [6, 6.07) is 17.9. The van der Waals surface area contributed by atoms with Crippen LogP contribution in [-0.4, -0.2) is 14.9 Å². The monoisotopic (exact) mass is 344 g/mol. The number of rotatable bonds is 3. The minimum atomic E-state index is 0.268. The number of phenols is 1. The molecule has 26 heavy (non-hydrogen) atoms. The van der Waals surface area contributed by atoms with Gasteiger partial charge >= 0.3 is 0 Å². The van der Waals surface area contributed by atoms with Crippen LogP contribution in [0.15, 0.2) is 65.3 Å². The van der Waals surface area contributed by atoms with Crippen molar-refractivity contribution in [2.45, 2.75) is 31.7 Å². The Balaban J connectivity index is 1.79. The summed E-state index contributed by atoms with van der Waals surface area (Å²) in [6.45, 7) is 0. The Labute approximate surface area is 151 Å². The Morgan fingerprint density at radius 1 is 0.962 bits per heavy atom. The van der Waals surface area contributed by atoms with E-state index in [1.807, 2.05) is 24.3 Å². The number of aromatic nitrogens is 2. The molecular formula is C22H20N2O2. The first-order chi connectivity index (χ1) is 12.8. The summed E-state index contributed by atoms with van der Waals surface area (Å²) in [7, 11) is 0. The Kier molecular flexibility index (Phi) is 3.56. The fourth-order valence-corrected chi connectivity index (χ4v) is 4.07. The summed E-state index contributed by atoms with van der Waals surface area (Å²) in [5, 5.41) is 15.8. The summed E-state index contributed by atoms with van der Waals surface area (Å²) >= 11 is 0. The van der Waals surface area contributed by atoms with Gasteiger partial charge in [-0.2, -0.15) is 5.10 Å². The van der Waals surface area contributed by atoms with E-state index in [-0.39, 0.29) is 5.75 Å². The summed E-state index contributed by atoms with van der Waals surface area (Å²) < 4.78 is 7.91. The number of nitrogens with zero attached hydrogens (tertiary/aromatic N) is 2. The van der Waals surface area contributed by atoms with Gasteiger partial charge in [-0.3, -0.25) is 4.68 Å². The summed E-state index contributed by atoms with van der Waals surface area (Å²) in [5.41, 5.74) is 4.19. The molecule has 130 valence electrons. The molecule has 0 unspecified atom stereocenters. The van der Waals surface area contributed by atoms with Crippen LogP contribution in [0.3, 0.4) is 0 Å². The first-order valence-corrected chi connectivity index (χ1v) is 9.16. The van der Waals surface area contributed by atoms with Crippen LogP contribution in [0.25, 0.3) is 33.5 Å². The highest BCUT2D eigenvalue weighted by Gasteiger charge is 2.24. The lowest BCUT2D eigenvalue weighted by atomic mass is 10.0. The zero-order valence-electron chi connectivity index (χ0n) is 14.4. The van der Waals surface area contributed by atoms with E-state index >= 15 is 0 Å². The average molecular weight is 344 g/mol. The van der Waals surface area contributed by atoms with Crippen LogP contribution in [-0.2, 0) is 0 Å². The molecular weight excluding hydrogens is 324 g/mol. The zero-order valence-corrected chi connectivity index (χ0v) is 14.4. The minimum absolute atomic E-state index is 0.268. The maximum absolute atomic E-state index is 9.63. The molecule has 2 aromatic heterocycles. The van der Waals surface area contributed by atoms with E-state index in [0.29, 0.717) is 6.04 Å². The van der Waals surface area contributed by atoms with Crippen LogP contribution in [0.5, 0.6) is 5.75 Å². The molecule has 0 aliphatic heterocycles. The van der Waals surface area contributed by atoms with Gasteiger partial charge in [0.15, 0.2) is 0 Å². The van der Waals surface area contributed by atoms with Gasteiger partial charge in [0.1, 0.15) is 17.2 Å². The molecule has 0 spiro atoms. The topological polar surface area (TPSA) is 51.2 Å². The third-order valence-electron chi connectivity index (χ3n) is 5.33. The third kappa shape index (κ3) is 2.41. The van der Waals surface area contributed by atoms with Gasteiger partial charge in [0.2, 0.25) is 0 Å². The van der Waals surface area contributed by atoms with Crippen molar-refractivity contribution in [2.75, 3.05) is 0 Å². The van der Waals surface area contributed by atoms with Gasteiger partial charge < -0.3 is 9.52 Å². The van der Waals surface area contributed by atoms with Crippen molar-refractivity contribution in [3.05, 3.63) is 60.9 Å². The Bertz CT molecular complexity index is 1040. The lowest BCUT2D eigenvalue weighted by Crippen LogP contribution is -2.07. The predicted molar refractivity (Wildman–Crippen MR) is 102 cm³/mol. The van der Waals surface area contributed by atoms with E-state index in [0.717, 1.165) is 46.3 Å². The lowest BCUT2D eigenvalue weighted by Gasteiger charge is -2.13. The van der Waals surface area contributed by atoms with Gasteiger partial charge in [0.05, 0.1) is 17.8 Å². The molecule has 0 bridgehead atoms. The summed E-state index contributed by atoms with van der Waals surface area (Å²) in [6.07, 6.45) is 6.55. The van der Waals surface area contributed by atoms with Crippen molar-refractivity contribution in [1.82, 2.24) is 9.78 Å². The van der Waals surface area contributed by atoms with Crippen molar-refractivity contribution in [1.29, 1.82) is 0 Å². The van der Waals surface area contributed by atoms with Crippen molar-refractivity contribution in [3.63, 3.8) is 0 Å². The molecule has 1 aliphatic carbocycles. The summed E-state index contributed by atoms with van der Waals surface area (Å²) in [5.74, 6) is 1.14. The number of para-hydroxylation sites is 1. The molecule has 1 saturated carbocycles. The van der Waals surface area contributed by atoms with Gasteiger partial charge in [-0.05, 0) is 55.3 Å². The number of furan rings is 1. The molecule has 2 heterocycles. The molecule has 0 atom stereocenters. The molecule has 5 rings (SSSR count). The Hall–Kier alpha value is -3.01. The Morgan fingerprint density at radius 2 is 1.77 bits per heavy atom. The minimum Gasteiger partial charge on any atom is -0.508 e. The number of hydrogen-bond donors (Lipinski definition) is 1. The molecule has 0 saturated heterocycles. The van der Waals surface area contributed by atoms with Gasteiger partial charge in [0, 0.05) is 16.5 Å². The normalized spacial score (nSPS) is 15.1. The highest BCUT2D eigenvalue weighted by Crippen LogP contribution is 2.40. The second-order valence-electron chi connectivity index (χ2n) is 6.96. The number of hydrogen-bond acceptors (Lipinski definition) is 3. The second kappa shape index (κ2) is 6.06. The fourth-order valence-electron chi connectivity index (χ4n) is 4.07. The van der Waals surface area contributed by atoms with E-state index in [9.17, 15) is 5.11 Å². The highest BCUT2D eigenvalue weighted by molar-refractivity contribution is 6.01. The number of aromatic hydroxyl groups is 1. The molecule has 0 amide bonds. The van der Waals surface area contributed by atoms with Crippen LogP contribution in [0.1, 0.15) is 31.7 Å². The molecule has 4 nitrogen and oxygen atoms in total. The van der Waals surface area contributed by atoms with Crippen molar-refractivity contribution < 1.29 is 9.52 Å². The van der Waals surface area contributed by atoms with E-state index in [4.69, 9.17) is 9.52 Å². The maximum atomic E-state index is 9.63. The average Bonchev–Trinajstić information content (AvgIpc) is 3.42. The SMILES string of the molecule is Oc1ccc(-c2nn(C3CCCC3)c3c(-c4ccco4)cccc23)cc1. The van der Waals surface area contributed by atoms with E-state index in [2.05, 4.69) is 22.9 Å². The molecule has 0 radical (unpaired) electrons. The first-order valence-electron chi connectivity index (χ1n) is 9.16. The van der Waals surface area contributed by atoms with E-state index in [1.165, 1.54) is 12.8 Å². The van der Waals surface area contributed by atoms with E-state index in [1.54, 1.807) is 18.4 Å². The van der Waals surface area contributed by atoms with Gasteiger partial charge in [-0.1, -0.05) is 25.0 Å². The van der Waals surface area contributed by atoms with Crippen molar-refractivity contribution in [2.24, 2.45) is 0 Å². The van der Waals surface area contributed by atoms with E-state index < -0.39 is 0 Å². The number of benzene rings is 2.